The normalized spacial score (nSPS) is 24.3. The lowest BCUT2D eigenvalue weighted by atomic mass is 10.0. The average Bonchev–Trinajstić information content (AvgIpc) is 2.95. The van der Waals surface area contributed by atoms with E-state index >= 15 is 0 Å². The predicted molar refractivity (Wildman–Crippen MR) is 71.8 cm³/mol. The topological polar surface area (TPSA) is 85.0 Å². The third kappa shape index (κ3) is 2.17. The maximum atomic E-state index is 11.6. The first-order valence-electron chi connectivity index (χ1n) is 6.63. The van der Waals surface area contributed by atoms with Crippen LogP contribution in [-0.2, 0) is 6.54 Å². The molecule has 19 heavy (non-hydrogen) atoms. The number of H-pyrrole nitrogens is 2. The zero-order valence-electron chi connectivity index (χ0n) is 10.9. The second kappa shape index (κ2) is 4.79. The number of aliphatic hydroxyl groups is 1. The fraction of sp³-hybridized carbons (Fsp3) is 0.538. The van der Waals surface area contributed by atoms with E-state index in [-0.39, 0.29) is 11.7 Å². The summed E-state index contributed by atoms with van der Waals surface area (Å²) in [5, 5.41) is 9.93. The van der Waals surface area contributed by atoms with Gasteiger partial charge in [0, 0.05) is 31.4 Å². The van der Waals surface area contributed by atoms with Gasteiger partial charge in [-0.05, 0) is 12.3 Å². The molecule has 6 heteroatoms. The molecule has 0 spiro atoms. The van der Waals surface area contributed by atoms with Gasteiger partial charge in [-0.1, -0.05) is 6.92 Å². The van der Waals surface area contributed by atoms with Crippen molar-refractivity contribution in [1.82, 2.24) is 19.9 Å². The molecule has 0 bridgehead atoms. The van der Waals surface area contributed by atoms with E-state index in [1.807, 2.05) is 6.20 Å². The van der Waals surface area contributed by atoms with Crippen LogP contribution in [0.5, 0.6) is 0 Å². The van der Waals surface area contributed by atoms with Crippen LogP contribution in [0.1, 0.15) is 18.9 Å². The highest BCUT2D eigenvalue weighted by Crippen LogP contribution is 2.23. The summed E-state index contributed by atoms with van der Waals surface area (Å²) in [6.07, 6.45) is 4.00. The molecule has 0 radical (unpaired) electrons. The molecule has 3 N–H and O–H groups in total. The molecule has 0 saturated carbocycles. The molecule has 3 heterocycles. The Morgan fingerprint density at radius 1 is 1.47 bits per heavy atom. The molecule has 0 aliphatic carbocycles. The molecular weight excluding hydrogens is 244 g/mol. The first-order chi connectivity index (χ1) is 9.19. The van der Waals surface area contributed by atoms with Crippen LogP contribution < -0.4 is 5.56 Å². The van der Waals surface area contributed by atoms with Crippen molar-refractivity contribution in [3.63, 3.8) is 0 Å². The number of hydrogen-bond acceptors (Lipinski definition) is 4. The minimum Gasteiger partial charge on any atom is -0.391 e. The minimum atomic E-state index is -0.244. The third-order valence-corrected chi connectivity index (χ3v) is 3.95. The largest absolute Gasteiger partial charge is 0.391 e. The van der Waals surface area contributed by atoms with Gasteiger partial charge in [-0.2, -0.15) is 0 Å². The lowest BCUT2D eigenvalue weighted by Crippen LogP contribution is -2.21. The molecule has 0 amide bonds. The highest BCUT2D eigenvalue weighted by molar-refractivity contribution is 5.77. The van der Waals surface area contributed by atoms with Gasteiger partial charge in [-0.25, -0.2) is 4.98 Å². The van der Waals surface area contributed by atoms with Crippen LogP contribution in [0.4, 0.5) is 0 Å². The number of aliphatic hydroxyl groups excluding tert-OH is 1. The number of β-amino-alcohol motifs (C(OH)–C–C–N with tert-alkyl or cyclic N) is 1. The average molecular weight is 262 g/mol. The van der Waals surface area contributed by atoms with Crippen LogP contribution in [0.2, 0.25) is 0 Å². The zero-order chi connectivity index (χ0) is 13.4. The van der Waals surface area contributed by atoms with Crippen LogP contribution in [-0.4, -0.2) is 44.2 Å². The van der Waals surface area contributed by atoms with Crippen molar-refractivity contribution in [2.45, 2.75) is 26.0 Å². The summed E-state index contributed by atoms with van der Waals surface area (Å²) in [5.41, 5.74) is 2.09. The molecule has 6 nitrogen and oxygen atoms in total. The summed E-state index contributed by atoms with van der Waals surface area (Å²) < 4.78 is 0. The molecule has 0 aromatic carbocycles. The van der Waals surface area contributed by atoms with Crippen molar-refractivity contribution < 1.29 is 5.11 Å². The van der Waals surface area contributed by atoms with E-state index in [2.05, 4.69) is 26.8 Å². The van der Waals surface area contributed by atoms with E-state index in [9.17, 15) is 9.90 Å². The van der Waals surface area contributed by atoms with Crippen molar-refractivity contribution in [2.24, 2.45) is 5.92 Å². The smallest absolute Gasteiger partial charge is 0.275 e. The molecule has 1 fully saturated rings. The monoisotopic (exact) mass is 262 g/mol. The molecule has 0 unspecified atom stereocenters. The lowest BCUT2D eigenvalue weighted by molar-refractivity contribution is 0.139. The number of likely N-dealkylation sites (tertiary alicyclic amines) is 1. The predicted octanol–water partition coefficient (Wildman–Crippen LogP) is 0.454. The van der Waals surface area contributed by atoms with Crippen molar-refractivity contribution in [1.29, 1.82) is 0 Å². The minimum absolute atomic E-state index is 0.149. The first-order valence-corrected chi connectivity index (χ1v) is 6.63. The summed E-state index contributed by atoms with van der Waals surface area (Å²) in [5.74, 6) is 0.349. The number of rotatable bonds is 3. The Morgan fingerprint density at radius 3 is 3.05 bits per heavy atom. The van der Waals surface area contributed by atoms with Gasteiger partial charge >= 0.3 is 0 Å². The summed E-state index contributed by atoms with van der Waals surface area (Å²) >= 11 is 0. The van der Waals surface area contributed by atoms with Gasteiger partial charge in [0.2, 0.25) is 0 Å². The van der Waals surface area contributed by atoms with Crippen LogP contribution in [0.3, 0.4) is 0 Å². The van der Waals surface area contributed by atoms with E-state index in [1.165, 1.54) is 6.33 Å². The Kier molecular flexibility index (Phi) is 3.12. The number of hydrogen-bond donors (Lipinski definition) is 3. The summed E-state index contributed by atoms with van der Waals surface area (Å²) in [6.45, 7) is 4.40. The van der Waals surface area contributed by atoms with E-state index < -0.39 is 0 Å². The second-order valence-electron chi connectivity index (χ2n) is 5.20. The molecule has 2 aromatic heterocycles. The van der Waals surface area contributed by atoms with Gasteiger partial charge in [-0.15, -0.1) is 0 Å². The van der Waals surface area contributed by atoms with E-state index in [0.717, 1.165) is 24.0 Å². The summed E-state index contributed by atoms with van der Waals surface area (Å²) in [7, 11) is 0. The van der Waals surface area contributed by atoms with Crippen molar-refractivity contribution >= 4 is 11.0 Å². The van der Waals surface area contributed by atoms with Gasteiger partial charge in [0.05, 0.1) is 17.9 Å². The molecule has 2 aromatic rings. The third-order valence-electron chi connectivity index (χ3n) is 3.95. The Morgan fingerprint density at radius 2 is 2.32 bits per heavy atom. The van der Waals surface area contributed by atoms with Gasteiger partial charge in [0.1, 0.15) is 5.52 Å². The Balaban J connectivity index is 1.83. The quantitative estimate of drug-likeness (QED) is 0.750. The van der Waals surface area contributed by atoms with E-state index in [0.29, 0.717) is 24.5 Å². The van der Waals surface area contributed by atoms with Crippen LogP contribution in [0.25, 0.3) is 11.0 Å². The SMILES string of the molecule is CC[C@H]1CN(Cc2c[nH]c3c(=O)[nH]cnc23)C[C@H]1O. The van der Waals surface area contributed by atoms with Gasteiger partial charge in [0.15, 0.2) is 0 Å². The number of aromatic nitrogens is 3. The number of nitrogens with zero attached hydrogens (tertiary/aromatic N) is 2. The van der Waals surface area contributed by atoms with Crippen LogP contribution >= 0.6 is 0 Å². The highest BCUT2D eigenvalue weighted by Gasteiger charge is 2.30. The van der Waals surface area contributed by atoms with Gasteiger partial charge < -0.3 is 15.1 Å². The molecule has 102 valence electrons. The molecule has 1 aliphatic heterocycles. The van der Waals surface area contributed by atoms with Crippen molar-refractivity contribution in [3.8, 4) is 0 Å². The molecular formula is C13H18N4O2. The molecule has 1 aliphatic rings. The van der Waals surface area contributed by atoms with Crippen molar-refractivity contribution in [2.75, 3.05) is 13.1 Å². The van der Waals surface area contributed by atoms with Crippen LogP contribution in [0.15, 0.2) is 17.3 Å². The summed E-state index contributed by atoms with van der Waals surface area (Å²) in [4.78, 5) is 23.6. The maximum Gasteiger partial charge on any atom is 0.275 e. The van der Waals surface area contributed by atoms with E-state index in [4.69, 9.17) is 0 Å². The number of nitrogens with one attached hydrogen (secondary N) is 2. The van der Waals surface area contributed by atoms with Gasteiger partial charge in [-0.3, -0.25) is 9.69 Å². The highest BCUT2D eigenvalue weighted by atomic mass is 16.3. The number of fused-ring (bicyclic) bond motifs is 1. The fourth-order valence-corrected chi connectivity index (χ4v) is 2.84. The summed E-state index contributed by atoms with van der Waals surface area (Å²) in [6, 6.07) is 0. The first kappa shape index (κ1) is 12.4. The molecule has 3 rings (SSSR count). The van der Waals surface area contributed by atoms with Crippen LogP contribution in [0, 0.1) is 5.92 Å². The Bertz CT molecular complexity index is 633. The lowest BCUT2D eigenvalue weighted by Gasteiger charge is -2.14. The van der Waals surface area contributed by atoms with Gasteiger partial charge in [0.25, 0.3) is 5.56 Å². The standard InChI is InChI=1S/C13H18N4O2/c1-2-8-4-17(6-10(8)18)5-9-3-14-12-11(9)15-7-16-13(12)19/h3,7-8,10,14,18H,2,4-6H2,1H3,(H,15,16,19)/t8-,10+/m0/s1. The Hall–Kier alpha value is -1.66. The van der Waals surface area contributed by atoms with Crippen molar-refractivity contribution in [3.05, 3.63) is 28.4 Å². The fourth-order valence-electron chi connectivity index (χ4n) is 2.84. The second-order valence-corrected chi connectivity index (χ2v) is 5.20. The Labute approximate surface area is 110 Å². The van der Waals surface area contributed by atoms with E-state index in [1.54, 1.807) is 0 Å². The zero-order valence-corrected chi connectivity index (χ0v) is 10.9. The maximum absolute atomic E-state index is 11.6. The number of aromatic amines is 2. The molecule has 2 atom stereocenters. The molecule has 1 saturated heterocycles.